The number of carboxylic acid groups (broad SMARTS) is 1. The summed E-state index contributed by atoms with van der Waals surface area (Å²) >= 11 is 4.07. The molecule has 0 spiro atoms. The van der Waals surface area contributed by atoms with Crippen molar-refractivity contribution in [1.82, 2.24) is 0 Å². The van der Waals surface area contributed by atoms with Gasteiger partial charge in [-0.2, -0.15) is 0 Å². The zero-order valence-electron chi connectivity index (χ0n) is 7.84. The Hall–Kier alpha value is -1.49. The molecule has 0 unspecified atom stereocenters. The third-order valence-corrected chi connectivity index (χ3v) is 1.91. The summed E-state index contributed by atoms with van der Waals surface area (Å²) in [4.78, 5) is 22.0. The number of carboxylic acids is 1. The maximum absolute atomic E-state index is 11.1. The second-order valence-electron chi connectivity index (χ2n) is 2.86. The van der Waals surface area contributed by atoms with E-state index in [0.717, 1.165) is 4.90 Å². The van der Waals surface area contributed by atoms with Gasteiger partial charge in [0.2, 0.25) is 0 Å². The van der Waals surface area contributed by atoms with Crippen molar-refractivity contribution in [2.24, 2.45) is 0 Å². The molecule has 0 aliphatic rings. The highest BCUT2D eigenvalue weighted by Crippen LogP contribution is 2.14. The predicted molar refractivity (Wildman–Crippen MR) is 56.2 cm³/mol. The van der Waals surface area contributed by atoms with Crippen molar-refractivity contribution in [1.29, 1.82) is 0 Å². The largest absolute Gasteiger partial charge is 0.481 e. The van der Waals surface area contributed by atoms with Gasteiger partial charge in [0.05, 0.1) is 12.8 Å². The minimum atomic E-state index is -1.02. The topological polar surface area (TPSA) is 63.6 Å². The molecule has 0 bridgehead atoms. The molecule has 0 aromatic heterocycles. The lowest BCUT2D eigenvalue weighted by Crippen LogP contribution is -2.10. The number of aliphatic carboxylic acids is 1. The SMILES string of the molecule is O=C(O)CCC(=O)Oc1ccc(S)cc1. The molecule has 0 heterocycles. The first-order chi connectivity index (χ1) is 7.08. The summed E-state index contributed by atoms with van der Waals surface area (Å²) in [5.74, 6) is -1.18. The van der Waals surface area contributed by atoms with Gasteiger partial charge in [0.1, 0.15) is 5.75 Å². The van der Waals surface area contributed by atoms with E-state index in [4.69, 9.17) is 9.84 Å². The van der Waals surface area contributed by atoms with Crippen molar-refractivity contribution in [3.63, 3.8) is 0 Å². The maximum atomic E-state index is 11.1. The van der Waals surface area contributed by atoms with Crippen molar-refractivity contribution in [3.05, 3.63) is 24.3 Å². The lowest BCUT2D eigenvalue weighted by atomic mass is 10.3. The van der Waals surface area contributed by atoms with Crippen LogP contribution in [0.5, 0.6) is 5.75 Å². The van der Waals surface area contributed by atoms with E-state index in [1.165, 1.54) is 0 Å². The highest BCUT2D eigenvalue weighted by Gasteiger charge is 2.07. The Morgan fingerprint density at radius 1 is 1.20 bits per heavy atom. The van der Waals surface area contributed by atoms with E-state index in [9.17, 15) is 9.59 Å². The molecule has 5 heteroatoms. The standard InChI is InChI=1S/C10H10O4S/c11-9(12)5-6-10(13)14-7-1-3-8(15)4-2-7/h1-4,15H,5-6H2,(H,11,12). The van der Waals surface area contributed by atoms with Gasteiger partial charge in [0.15, 0.2) is 0 Å². The van der Waals surface area contributed by atoms with E-state index in [0.29, 0.717) is 5.75 Å². The van der Waals surface area contributed by atoms with E-state index in [1.54, 1.807) is 24.3 Å². The first-order valence-electron chi connectivity index (χ1n) is 4.29. The first-order valence-corrected chi connectivity index (χ1v) is 4.74. The van der Waals surface area contributed by atoms with Crippen molar-refractivity contribution < 1.29 is 19.4 Å². The summed E-state index contributed by atoms with van der Waals surface area (Å²) in [6.45, 7) is 0. The fraction of sp³-hybridized carbons (Fsp3) is 0.200. The van der Waals surface area contributed by atoms with Gasteiger partial charge in [-0.15, -0.1) is 12.6 Å². The monoisotopic (exact) mass is 226 g/mol. The lowest BCUT2D eigenvalue weighted by Gasteiger charge is -2.02. The van der Waals surface area contributed by atoms with Crippen LogP contribution in [0.3, 0.4) is 0 Å². The summed E-state index contributed by atoms with van der Waals surface area (Å²) in [6, 6.07) is 6.56. The molecule has 15 heavy (non-hydrogen) atoms. The summed E-state index contributed by atoms with van der Waals surface area (Å²) in [5, 5.41) is 8.35. The molecule has 0 fully saturated rings. The van der Waals surface area contributed by atoms with Crippen molar-refractivity contribution in [3.8, 4) is 5.75 Å². The van der Waals surface area contributed by atoms with E-state index in [1.807, 2.05) is 0 Å². The van der Waals surface area contributed by atoms with Gasteiger partial charge < -0.3 is 9.84 Å². The van der Waals surface area contributed by atoms with Gasteiger partial charge in [0.25, 0.3) is 0 Å². The normalized spacial score (nSPS) is 9.67. The van der Waals surface area contributed by atoms with Crippen LogP contribution in [-0.4, -0.2) is 17.0 Å². The average Bonchev–Trinajstić information content (AvgIpc) is 2.19. The quantitative estimate of drug-likeness (QED) is 0.466. The van der Waals surface area contributed by atoms with Crippen LogP contribution in [0.15, 0.2) is 29.2 Å². The van der Waals surface area contributed by atoms with Crippen LogP contribution < -0.4 is 4.74 Å². The van der Waals surface area contributed by atoms with Gasteiger partial charge in [-0.25, -0.2) is 0 Å². The molecule has 1 rings (SSSR count). The Bertz CT molecular complexity index is 358. The Morgan fingerprint density at radius 2 is 1.80 bits per heavy atom. The maximum Gasteiger partial charge on any atom is 0.311 e. The molecule has 0 aliphatic carbocycles. The number of thiol groups is 1. The lowest BCUT2D eigenvalue weighted by molar-refractivity contribution is -0.142. The van der Waals surface area contributed by atoms with E-state index < -0.39 is 11.9 Å². The zero-order valence-corrected chi connectivity index (χ0v) is 8.74. The van der Waals surface area contributed by atoms with Gasteiger partial charge >= 0.3 is 11.9 Å². The number of ether oxygens (including phenoxy) is 1. The van der Waals surface area contributed by atoms with Crippen LogP contribution in [0, 0.1) is 0 Å². The smallest absolute Gasteiger partial charge is 0.311 e. The Kier molecular flexibility index (Phi) is 4.17. The number of benzene rings is 1. The second kappa shape index (κ2) is 5.41. The highest BCUT2D eigenvalue weighted by atomic mass is 32.1. The molecule has 1 aromatic carbocycles. The summed E-state index contributed by atoms with van der Waals surface area (Å²) in [6.07, 6.45) is -0.346. The highest BCUT2D eigenvalue weighted by molar-refractivity contribution is 7.80. The number of hydrogen-bond donors (Lipinski definition) is 2. The van der Waals surface area contributed by atoms with Gasteiger partial charge in [-0.05, 0) is 24.3 Å². The van der Waals surface area contributed by atoms with Crippen molar-refractivity contribution in [2.45, 2.75) is 17.7 Å². The Balaban J connectivity index is 2.44. The Morgan fingerprint density at radius 3 is 2.33 bits per heavy atom. The zero-order chi connectivity index (χ0) is 11.3. The fourth-order valence-electron chi connectivity index (χ4n) is 0.906. The van der Waals surface area contributed by atoms with Crippen LogP contribution in [-0.2, 0) is 9.59 Å². The van der Waals surface area contributed by atoms with E-state index in [-0.39, 0.29) is 12.8 Å². The molecular weight excluding hydrogens is 216 g/mol. The molecule has 0 saturated carbocycles. The molecule has 1 aromatic rings. The molecule has 4 nitrogen and oxygen atoms in total. The molecule has 0 radical (unpaired) electrons. The van der Waals surface area contributed by atoms with Gasteiger partial charge in [-0.1, -0.05) is 0 Å². The molecular formula is C10H10O4S. The van der Waals surface area contributed by atoms with Crippen LogP contribution >= 0.6 is 12.6 Å². The molecule has 0 atom stereocenters. The van der Waals surface area contributed by atoms with E-state index >= 15 is 0 Å². The van der Waals surface area contributed by atoms with Crippen LogP contribution in [0.1, 0.15) is 12.8 Å². The number of esters is 1. The van der Waals surface area contributed by atoms with E-state index in [2.05, 4.69) is 12.6 Å². The third kappa shape index (κ3) is 4.51. The molecule has 0 amide bonds. The molecule has 80 valence electrons. The number of rotatable bonds is 4. The van der Waals surface area contributed by atoms with Crippen LogP contribution in [0.4, 0.5) is 0 Å². The minimum Gasteiger partial charge on any atom is -0.481 e. The minimum absolute atomic E-state index is 0.127. The number of carbonyl (C=O) groups excluding carboxylic acids is 1. The van der Waals surface area contributed by atoms with Gasteiger partial charge in [0, 0.05) is 4.90 Å². The van der Waals surface area contributed by atoms with Crippen molar-refractivity contribution in [2.75, 3.05) is 0 Å². The van der Waals surface area contributed by atoms with Crippen LogP contribution in [0.2, 0.25) is 0 Å². The first kappa shape index (κ1) is 11.6. The summed E-state index contributed by atoms with van der Waals surface area (Å²) in [5.41, 5.74) is 0. The van der Waals surface area contributed by atoms with Crippen molar-refractivity contribution >= 4 is 24.6 Å². The number of hydrogen-bond acceptors (Lipinski definition) is 4. The predicted octanol–water partition coefficient (Wildman–Crippen LogP) is 1.75. The molecule has 0 saturated heterocycles. The third-order valence-electron chi connectivity index (χ3n) is 1.61. The second-order valence-corrected chi connectivity index (χ2v) is 3.38. The average molecular weight is 226 g/mol. The van der Waals surface area contributed by atoms with Gasteiger partial charge in [-0.3, -0.25) is 9.59 Å². The molecule has 1 N–H and O–H groups in total. The summed E-state index contributed by atoms with van der Waals surface area (Å²) in [7, 11) is 0. The molecule has 0 aliphatic heterocycles. The number of carbonyl (C=O) groups is 2. The fourth-order valence-corrected chi connectivity index (χ4v) is 1.05. The van der Waals surface area contributed by atoms with Crippen LogP contribution in [0.25, 0.3) is 0 Å². The summed E-state index contributed by atoms with van der Waals surface area (Å²) < 4.78 is 4.88. The Labute approximate surface area is 92.3 Å².